The van der Waals surface area contributed by atoms with Gasteiger partial charge in [-0.25, -0.2) is 0 Å². The Morgan fingerprint density at radius 3 is 2.18 bits per heavy atom. The molecule has 1 atom stereocenters. The van der Waals surface area contributed by atoms with E-state index in [-0.39, 0.29) is 6.04 Å². The molecule has 0 amide bonds. The summed E-state index contributed by atoms with van der Waals surface area (Å²) in [5.74, 6) is 3.32. The van der Waals surface area contributed by atoms with Crippen molar-refractivity contribution in [1.29, 1.82) is 0 Å². The second kappa shape index (κ2) is 11.0. The lowest BCUT2D eigenvalue weighted by Gasteiger charge is -2.26. The van der Waals surface area contributed by atoms with Crippen LogP contribution in [-0.4, -0.2) is 35.0 Å². The van der Waals surface area contributed by atoms with Crippen LogP contribution in [-0.2, 0) is 13.0 Å². The number of rotatable bonds is 9. The molecule has 1 aliphatic heterocycles. The first-order valence-corrected chi connectivity index (χ1v) is 11.3. The van der Waals surface area contributed by atoms with Crippen molar-refractivity contribution < 1.29 is 23.7 Å². The fourth-order valence-corrected chi connectivity index (χ4v) is 4.18. The standard InChI is InChI=1S/C28H31NO5/c1-30-24-17-22-21(16-25(24)34-18-19-8-6-5-7-9-19)12-13-29-23(22)11-10-20-14-26(31-2)28(33-4)27(15-20)32-3/h5-11,14-17,23,29H,12-13,18H2,1-4H3. The molecule has 1 heterocycles. The molecule has 34 heavy (non-hydrogen) atoms. The van der Waals surface area contributed by atoms with E-state index in [1.807, 2.05) is 30.3 Å². The molecule has 178 valence electrons. The van der Waals surface area contributed by atoms with Crippen LogP contribution >= 0.6 is 0 Å². The third kappa shape index (κ3) is 5.13. The van der Waals surface area contributed by atoms with Crippen LogP contribution in [0.15, 0.2) is 60.7 Å². The maximum absolute atomic E-state index is 6.11. The predicted octanol–water partition coefficient (Wildman–Crippen LogP) is 5.20. The molecular formula is C28H31NO5. The van der Waals surface area contributed by atoms with E-state index in [0.29, 0.717) is 23.9 Å². The van der Waals surface area contributed by atoms with E-state index in [9.17, 15) is 0 Å². The summed E-state index contributed by atoms with van der Waals surface area (Å²) in [6.45, 7) is 1.38. The van der Waals surface area contributed by atoms with Crippen LogP contribution in [0.2, 0.25) is 0 Å². The van der Waals surface area contributed by atoms with Gasteiger partial charge in [0, 0.05) is 6.54 Å². The van der Waals surface area contributed by atoms with Crippen molar-refractivity contribution in [3.8, 4) is 28.7 Å². The molecule has 1 unspecified atom stereocenters. The number of hydrogen-bond acceptors (Lipinski definition) is 6. The zero-order valence-corrected chi connectivity index (χ0v) is 20.1. The Bertz CT molecular complexity index is 1120. The number of hydrogen-bond donors (Lipinski definition) is 1. The molecule has 0 saturated carbocycles. The first kappa shape index (κ1) is 23.5. The Morgan fingerprint density at radius 1 is 0.824 bits per heavy atom. The molecule has 0 aromatic heterocycles. The fourth-order valence-electron chi connectivity index (χ4n) is 4.18. The topological polar surface area (TPSA) is 58.2 Å². The van der Waals surface area contributed by atoms with Gasteiger partial charge in [-0.05, 0) is 52.9 Å². The summed E-state index contributed by atoms with van der Waals surface area (Å²) < 4.78 is 28.2. The fraction of sp³-hybridized carbons (Fsp3) is 0.286. The zero-order chi connectivity index (χ0) is 23.9. The van der Waals surface area contributed by atoms with E-state index in [1.165, 1.54) is 11.1 Å². The first-order valence-electron chi connectivity index (χ1n) is 11.3. The van der Waals surface area contributed by atoms with E-state index >= 15 is 0 Å². The minimum atomic E-state index is 0.0416. The maximum atomic E-state index is 6.11. The highest BCUT2D eigenvalue weighted by molar-refractivity contribution is 5.63. The lowest BCUT2D eigenvalue weighted by Crippen LogP contribution is -2.28. The summed E-state index contributed by atoms with van der Waals surface area (Å²) in [6, 6.07) is 18.2. The highest BCUT2D eigenvalue weighted by Gasteiger charge is 2.21. The Labute approximate surface area is 201 Å². The van der Waals surface area contributed by atoms with Gasteiger partial charge in [0.15, 0.2) is 23.0 Å². The minimum absolute atomic E-state index is 0.0416. The van der Waals surface area contributed by atoms with Gasteiger partial charge in [0.25, 0.3) is 0 Å². The summed E-state index contributed by atoms with van der Waals surface area (Å²) in [5.41, 5.74) is 4.51. The van der Waals surface area contributed by atoms with Gasteiger partial charge in [0.2, 0.25) is 5.75 Å². The molecule has 0 spiro atoms. The number of benzene rings is 3. The molecule has 1 N–H and O–H groups in total. The second-order valence-corrected chi connectivity index (χ2v) is 7.98. The number of nitrogens with one attached hydrogen (secondary N) is 1. The molecule has 0 saturated heterocycles. The molecule has 1 aliphatic rings. The number of fused-ring (bicyclic) bond motifs is 1. The van der Waals surface area contributed by atoms with E-state index in [0.717, 1.165) is 35.6 Å². The first-order chi connectivity index (χ1) is 16.7. The molecular weight excluding hydrogens is 430 g/mol. The van der Waals surface area contributed by atoms with Crippen molar-refractivity contribution in [1.82, 2.24) is 5.32 Å². The van der Waals surface area contributed by atoms with Crippen molar-refractivity contribution in [2.24, 2.45) is 0 Å². The van der Waals surface area contributed by atoms with E-state index < -0.39 is 0 Å². The largest absolute Gasteiger partial charge is 0.493 e. The van der Waals surface area contributed by atoms with Gasteiger partial charge in [-0.2, -0.15) is 0 Å². The Morgan fingerprint density at radius 2 is 1.53 bits per heavy atom. The van der Waals surface area contributed by atoms with Crippen molar-refractivity contribution in [2.45, 2.75) is 19.1 Å². The summed E-state index contributed by atoms with van der Waals surface area (Å²) >= 11 is 0. The van der Waals surface area contributed by atoms with Crippen molar-refractivity contribution in [2.75, 3.05) is 35.0 Å². The van der Waals surface area contributed by atoms with Gasteiger partial charge < -0.3 is 29.0 Å². The summed E-state index contributed by atoms with van der Waals surface area (Å²) in [7, 11) is 6.51. The minimum Gasteiger partial charge on any atom is -0.493 e. The van der Waals surface area contributed by atoms with Crippen molar-refractivity contribution in [3.05, 3.63) is 82.9 Å². The van der Waals surface area contributed by atoms with Gasteiger partial charge in [0.1, 0.15) is 6.61 Å². The van der Waals surface area contributed by atoms with E-state index in [4.69, 9.17) is 23.7 Å². The van der Waals surface area contributed by atoms with Gasteiger partial charge in [-0.3, -0.25) is 0 Å². The van der Waals surface area contributed by atoms with Crippen molar-refractivity contribution in [3.63, 3.8) is 0 Å². The molecule has 6 nitrogen and oxygen atoms in total. The average Bonchev–Trinajstić information content (AvgIpc) is 2.89. The molecule has 0 fully saturated rings. The quantitative estimate of drug-likeness (QED) is 0.473. The predicted molar refractivity (Wildman–Crippen MR) is 133 cm³/mol. The summed E-state index contributed by atoms with van der Waals surface area (Å²) in [6.07, 6.45) is 5.13. The third-order valence-electron chi connectivity index (χ3n) is 5.92. The van der Waals surface area contributed by atoms with Gasteiger partial charge >= 0.3 is 0 Å². The van der Waals surface area contributed by atoms with E-state index in [1.54, 1.807) is 28.4 Å². The van der Waals surface area contributed by atoms with Crippen LogP contribution in [0.25, 0.3) is 6.08 Å². The zero-order valence-electron chi connectivity index (χ0n) is 20.1. The highest BCUT2D eigenvalue weighted by atomic mass is 16.5. The Kier molecular flexibility index (Phi) is 7.60. The lowest BCUT2D eigenvalue weighted by atomic mass is 9.93. The molecule has 3 aromatic rings. The number of methoxy groups -OCH3 is 4. The second-order valence-electron chi connectivity index (χ2n) is 7.98. The molecule has 0 radical (unpaired) electrons. The molecule has 4 rings (SSSR count). The third-order valence-corrected chi connectivity index (χ3v) is 5.92. The number of ether oxygens (including phenoxy) is 5. The van der Waals surface area contributed by atoms with Gasteiger partial charge in [-0.1, -0.05) is 42.5 Å². The SMILES string of the molecule is COc1cc2c(cc1OCc1ccccc1)CCNC2C=Cc1cc(OC)c(OC)c(OC)c1. The van der Waals surface area contributed by atoms with Crippen LogP contribution in [0.5, 0.6) is 28.7 Å². The van der Waals surface area contributed by atoms with Crippen LogP contribution in [0.3, 0.4) is 0 Å². The summed E-state index contributed by atoms with van der Waals surface area (Å²) in [4.78, 5) is 0. The van der Waals surface area contributed by atoms with Crippen LogP contribution in [0.4, 0.5) is 0 Å². The normalized spacial score (nSPS) is 15.0. The smallest absolute Gasteiger partial charge is 0.203 e. The monoisotopic (exact) mass is 461 g/mol. The lowest BCUT2D eigenvalue weighted by molar-refractivity contribution is 0.283. The highest BCUT2D eigenvalue weighted by Crippen LogP contribution is 2.39. The molecule has 3 aromatic carbocycles. The average molecular weight is 462 g/mol. The van der Waals surface area contributed by atoms with Crippen LogP contribution in [0, 0.1) is 0 Å². The molecule has 6 heteroatoms. The molecule has 0 aliphatic carbocycles. The molecule has 0 bridgehead atoms. The maximum Gasteiger partial charge on any atom is 0.203 e. The van der Waals surface area contributed by atoms with Crippen molar-refractivity contribution >= 4 is 6.08 Å². The summed E-state index contributed by atoms with van der Waals surface area (Å²) in [5, 5.41) is 3.58. The van der Waals surface area contributed by atoms with Gasteiger partial charge in [0.05, 0.1) is 34.5 Å². The van der Waals surface area contributed by atoms with Gasteiger partial charge in [-0.15, -0.1) is 0 Å². The Hall–Kier alpha value is -3.64. The Balaban J connectivity index is 1.59. The van der Waals surface area contributed by atoms with Crippen LogP contribution in [0.1, 0.15) is 28.3 Å². The van der Waals surface area contributed by atoms with E-state index in [2.05, 4.69) is 41.7 Å². The van der Waals surface area contributed by atoms with Crippen LogP contribution < -0.4 is 29.0 Å².